The number of carbonyl (C=O) groups excluding carboxylic acids is 3. The van der Waals surface area contributed by atoms with Crippen molar-refractivity contribution in [2.45, 2.75) is 76.6 Å². The Balaban J connectivity index is 0.000000196. The Morgan fingerprint density at radius 2 is 0.988 bits per heavy atom. The molecular weight excluding hydrogens is 1140 g/mol. The Morgan fingerprint density at radius 1 is 0.593 bits per heavy atom. The fourth-order valence-electron chi connectivity index (χ4n) is 9.99. The average molecular weight is 1190 g/mol. The normalized spacial score (nSPS) is 19.2. The van der Waals surface area contributed by atoms with E-state index in [1.807, 2.05) is 0 Å². The molecule has 0 spiro atoms. The van der Waals surface area contributed by atoms with Crippen LogP contribution in [0.1, 0.15) is 117 Å². The van der Waals surface area contributed by atoms with Crippen LogP contribution in [-0.2, 0) is 58.7 Å². The van der Waals surface area contributed by atoms with Crippen molar-refractivity contribution in [3.8, 4) is 0 Å². The first-order valence-electron chi connectivity index (χ1n) is 25.5. The molecule has 424 valence electrons. The Kier molecular flexibility index (Phi) is 17.1. The van der Waals surface area contributed by atoms with Gasteiger partial charge in [0.1, 0.15) is 24.8 Å². The van der Waals surface area contributed by atoms with E-state index in [2.05, 4.69) is 9.97 Å². The number of rotatable bonds is 22. The summed E-state index contributed by atoms with van der Waals surface area (Å²) in [4.78, 5) is 73.8. The zero-order valence-electron chi connectivity index (χ0n) is 44.0. The van der Waals surface area contributed by atoms with Crippen LogP contribution < -0.4 is 0 Å². The van der Waals surface area contributed by atoms with Crippen molar-refractivity contribution in [1.29, 1.82) is 0 Å². The molecule has 0 unspecified atom stereocenters. The van der Waals surface area contributed by atoms with Gasteiger partial charge in [-0.05, 0) is 125 Å². The number of carbonyl (C=O) groups is 5. The summed E-state index contributed by atoms with van der Waals surface area (Å²) in [7, 11) is 0. The van der Waals surface area contributed by atoms with E-state index < -0.39 is 82.3 Å². The van der Waals surface area contributed by atoms with Gasteiger partial charge in [-0.15, -0.1) is 0 Å². The number of amides is 2. The Bertz CT molecular complexity index is 3400. The minimum absolute atomic E-state index is 0.00101. The van der Waals surface area contributed by atoms with Crippen LogP contribution in [0.5, 0.6) is 0 Å². The largest absolute Gasteiger partial charge is 0.480 e. The second-order valence-electron chi connectivity index (χ2n) is 21.2. The monoisotopic (exact) mass is 1190 g/mol. The van der Waals surface area contributed by atoms with Crippen molar-refractivity contribution >= 4 is 75.9 Å². The third-order valence-corrected chi connectivity index (χ3v) is 15.7. The van der Waals surface area contributed by atoms with E-state index in [-0.39, 0.29) is 72.9 Å². The van der Waals surface area contributed by atoms with Gasteiger partial charge in [0.15, 0.2) is 17.2 Å². The fourth-order valence-corrected chi connectivity index (χ4v) is 10.5. The first-order valence-corrected chi connectivity index (χ1v) is 27.1. The highest BCUT2D eigenvalue weighted by molar-refractivity contribution is 6.31. The van der Waals surface area contributed by atoms with Crippen LogP contribution in [0.25, 0.3) is 0 Å². The number of aromatic nitrogens is 2. The molecule has 22 heteroatoms. The minimum Gasteiger partial charge on any atom is -0.480 e. The molecule has 4 heterocycles. The van der Waals surface area contributed by atoms with E-state index in [9.17, 15) is 29.1 Å². The van der Waals surface area contributed by atoms with Gasteiger partial charge in [-0.1, -0.05) is 70.7 Å². The van der Waals surface area contributed by atoms with E-state index in [0.29, 0.717) is 68.3 Å². The highest BCUT2D eigenvalue weighted by Gasteiger charge is 2.58. The maximum atomic E-state index is 16.3. The summed E-state index contributed by atoms with van der Waals surface area (Å²) in [5.74, 6) is -5.11. The third-order valence-electron chi connectivity index (χ3n) is 14.7. The van der Waals surface area contributed by atoms with Crippen LogP contribution in [-0.4, -0.2) is 104 Å². The number of carboxylic acid groups (broad SMARTS) is 2. The lowest BCUT2D eigenvalue weighted by Crippen LogP contribution is -2.48. The summed E-state index contributed by atoms with van der Waals surface area (Å²) in [5.41, 5.74) is -3.69. The van der Waals surface area contributed by atoms with Crippen molar-refractivity contribution < 1.29 is 67.0 Å². The van der Waals surface area contributed by atoms with Crippen LogP contribution in [0.2, 0.25) is 20.1 Å². The first-order chi connectivity index (χ1) is 38.4. The molecule has 3 N–H and O–H groups in total. The van der Waals surface area contributed by atoms with Crippen LogP contribution in [0, 0.1) is 22.5 Å². The zero-order chi connectivity index (χ0) is 58.2. The molecule has 10 rings (SSSR count). The molecule has 2 saturated carbocycles. The number of nitrogens with zero attached hydrogens (tertiary/aromatic N) is 4. The SMILES string of the molecule is CC(=O)c1cc(F)c2c(c1)C(=O)N(Cc1ccc(Cl)cn1)[C@@]2(OCC1(COCC(=O)O)CC1)c1ccc(Cl)cc1.CC(C)(O)c1cc(F)c2c(c1)C(=O)N(Cc1ccc(Cl)cn1)[C@@]2(OCC1(COCC(=O)O)CC1)c1ccc(Cl)cc1. The number of ketones is 1. The smallest absolute Gasteiger partial charge is 0.329 e. The second kappa shape index (κ2) is 23.4. The molecule has 0 radical (unpaired) electrons. The molecule has 2 aliphatic heterocycles. The number of hydrogen-bond acceptors (Lipinski definition) is 12. The number of hydrogen-bond donors (Lipinski definition) is 3. The highest BCUT2D eigenvalue weighted by Crippen LogP contribution is 2.55. The summed E-state index contributed by atoms with van der Waals surface area (Å²) in [6, 6.07) is 25.0. The molecule has 4 aliphatic rings. The van der Waals surface area contributed by atoms with Gasteiger partial charge in [-0.2, -0.15) is 0 Å². The van der Waals surface area contributed by atoms with Gasteiger partial charge in [-0.3, -0.25) is 34.2 Å². The quantitative estimate of drug-likeness (QED) is 0.0539. The molecule has 2 aliphatic carbocycles. The van der Waals surface area contributed by atoms with Gasteiger partial charge in [-0.25, -0.2) is 18.4 Å². The van der Waals surface area contributed by atoms with Gasteiger partial charge < -0.3 is 34.3 Å². The maximum absolute atomic E-state index is 16.3. The lowest BCUT2D eigenvalue weighted by molar-refractivity contribution is -0.147. The van der Waals surface area contributed by atoms with E-state index in [1.165, 1.54) is 61.2 Å². The number of fused-ring (bicyclic) bond motifs is 2. The lowest BCUT2D eigenvalue weighted by atomic mass is 9.88. The Hall–Kier alpha value is -6.45. The number of benzene rings is 4. The second-order valence-corrected chi connectivity index (χ2v) is 23.0. The molecule has 0 bridgehead atoms. The van der Waals surface area contributed by atoms with Crippen LogP contribution in [0.3, 0.4) is 0 Å². The van der Waals surface area contributed by atoms with Gasteiger partial charge in [0.25, 0.3) is 11.8 Å². The number of ether oxygens (including phenoxy) is 4. The molecule has 16 nitrogen and oxygen atoms in total. The average Bonchev–Trinajstić information content (AvgIpc) is 2.77. The molecule has 2 aromatic heterocycles. The van der Waals surface area contributed by atoms with Gasteiger partial charge in [0.2, 0.25) is 0 Å². The summed E-state index contributed by atoms with van der Waals surface area (Å²) >= 11 is 24.5. The predicted octanol–water partition coefficient (Wildman–Crippen LogP) is 11.0. The molecular formula is C59H54Cl4F2N4O12. The van der Waals surface area contributed by atoms with E-state index in [1.54, 1.807) is 72.8 Å². The van der Waals surface area contributed by atoms with Gasteiger partial charge in [0.05, 0.1) is 88.8 Å². The molecule has 2 fully saturated rings. The van der Waals surface area contributed by atoms with Gasteiger partial charge >= 0.3 is 11.9 Å². The number of carboxylic acids is 2. The lowest BCUT2D eigenvalue weighted by Gasteiger charge is -2.40. The first kappa shape index (κ1) is 59.2. The Labute approximate surface area is 484 Å². The van der Waals surface area contributed by atoms with E-state index in [4.69, 9.17) is 75.6 Å². The minimum atomic E-state index is -1.75. The summed E-state index contributed by atoms with van der Waals surface area (Å²) < 4.78 is 56.5. The molecule has 2 atom stereocenters. The van der Waals surface area contributed by atoms with Crippen molar-refractivity contribution in [1.82, 2.24) is 19.8 Å². The predicted molar refractivity (Wildman–Crippen MR) is 293 cm³/mol. The van der Waals surface area contributed by atoms with E-state index in [0.717, 1.165) is 6.07 Å². The zero-order valence-corrected chi connectivity index (χ0v) is 47.0. The van der Waals surface area contributed by atoms with Crippen LogP contribution >= 0.6 is 46.4 Å². The fraction of sp³-hybridized carbons (Fsp3) is 0.339. The standard InChI is InChI=1S/C30H29Cl2FN2O6.C29H25Cl2FN2O6/c1-28(2,39)19-11-23-26(24(33)12-19)30(18-3-5-20(31)6-4-18,41-17-29(9-10-29)16-40-15-25(36)37)35(27(23)38)14-22-8-7-21(32)13-34-22;1-17(35)18-10-23-26(24(32)11-18)29(19-2-4-20(30)5-3-19,40-16-28(8-9-28)15-39-14-25(36)37)34(27(23)38)13-22-7-6-21(31)12-33-22/h3-8,11-13,39H,9-10,14-17H2,1-2H3,(H,36,37);2-7,10-12H,8-9,13-16H2,1H3,(H,36,37)/t30-;29-/m11/s1. The topological polar surface area (TPSA) is 215 Å². The number of halogens is 6. The Morgan fingerprint density at radius 3 is 1.35 bits per heavy atom. The number of aliphatic carboxylic acids is 2. The molecule has 4 aromatic carbocycles. The number of aliphatic hydroxyl groups is 1. The number of pyridine rings is 2. The molecule has 2 amide bonds. The van der Waals surface area contributed by atoms with E-state index >= 15 is 8.78 Å². The van der Waals surface area contributed by atoms with Crippen molar-refractivity contribution in [2.24, 2.45) is 10.8 Å². The molecule has 0 saturated heterocycles. The van der Waals surface area contributed by atoms with Crippen molar-refractivity contribution in [3.05, 3.63) is 197 Å². The van der Waals surface area contributed by atoms with Crippen molar-refractivity contribution in [2.75, 3.05) is 39.6 Å². The van der Waals surface area contributed by atoms with Gasteiger partial charge in [0, 0.05) is 50.0 Å². The molecule has 81 heavy (non-hydrogen) atoms. The summed E-state index contributed by atoms with van der Waals surface area (Å²) in [6.07, 6.45) is 5.74. The maximum Gasteiger partial charge on any atom is 0.329 e. The highest BCUT2D eigenvalue weighted by atomic mass is 35.5. The van der Waals surface area contributed by atoms with Crippen LogP contribution in [0.4, 0.5) is 8.78 Å². The third kappa shape index (κ3) is 12.5. The number of Topliss-reactive ketones (excluding diaryl/α,β-unsaturated/α-hetero) is 1. The molecule has 6 aromatic rings. The summed E-state index contributed by atoms with van der Waals surface area (Å²) in [6.45, 7) is 3.66. The van der Waals surface area contributed by atoms with Crippen molar-refractivity contribution in [3.63, 3.8) is 0 Å². The summed E-state index contributed by atoms with van der Waals surface area (Å²) in [5, 5.41) is 30.3. The van der Waals surface area contributed by atoms with Crippen LogP contribution in [0.15, 0.2) is 109 Å².